The predicted octanol–water partition coefficient (Wildman–Crippen LogP) is 3.35. The number of nitrogens with one attached hydrogen (secondary N) is 2. The predicted molar refractivity (Wildman–Crippen MR) is 91.5 cm³/mol. The van der Waals surface area contributed by atoms with Crippen LogP contribution in [0, 0.1) is 0 Å². The molecule has 0 aliphatic rings. The number of anilines is 1. The number of hydrogen-bond donors (Lipinski definition) is 2. The van der Waals surface area contributed by atoms with Crippen LogP contribution in [0.15, 0.2) is 54.9 Å². The fourth-order valence-electron chi connectivity index (χ4n) is 2.35. The first kappa shape index (κ1) is 15.6. The van der Waals surface area contributed by atoms with Crippen molar-refractivity contribution >= 4 is 11.6 Å². The average molecular weight is 323 g/mol. The Bertz CT molecular complexity index is 844. The molecule has 0 radical (unpaired) electrons. The Morgan fingerprint density at radius 1 is 1.08 bits per heavy atom. The molecule has 3 rings (SSSR count). The van der Waals surface area contributed by atoms with Crippen molar-refractivity contribution in [2.24, 2.45) is 0 Å². The van der Waals surface area contributed by atoms with Gasteiger partial charge in [-0.1, -0.05) is 12.1 Å². The van der Waals surface area contributed by atoms with Crippen molar-refractivity contribution in [2.75, 3.05) is 19.5 Å². The smallest absolute Gasteiger partial charge is 0.255 e. The van der Waals surface area contributed by atoms with Crippen molar-refractivity contribution in [1.29, 1.82) is 0 Å². The fraction of sp³-hybridized carbons (Fsp3) is 0.111. The molecule has 1 heterocycles. The number of imidazole rings is 1. The number of ether oxygens (including phenoxy) is 2. The first-order valence-electron chi connectivity index (χ1n) is 7.34. The van der Waals surface area contributed by atoms with E-state index in [1.807, 2.05) is 24.3 Å². The number of benzene rings is 2. The molecule has 2 aromatic carbocycles. The summed E-state index contributed by atoms with van der Waals surface area (Å²) in [6.45, 7) is 0. The number of methoxy groups -OCH3 is 2. The molecule has 6 heteroatoms. The van der Waals surface area contributed by atoms with Gasteiger partial charge in [0.2, 0.25) is 0 Å². The van der Waals surface area contributed by atoms with Gasteiger partial charge in [-0.2, -0.15) is 0 Å². The summed E-state index contributed by atoms with van der Waals surface area (Å²) in [6.07, 6.45) is 3.44. The SMILES string of the molecule is COc1ccc(C(=O)Nc2cccc(-c3ncc[nH]3)c2)cc1OC. The number of H-pyrrole nitrogens is 1. The lowest BCUT2D eigenvalue weighted by Gasteiger charge is -2.10. The minimum absolute atomic E-state index is 0.229. The highest BCUT2D eigenvalue weighted by Crippen LogP contribution is 2.28. The van der Waals surface area contributed by atoms with Gasteiger partial charge >= 0.3 is 0 Å². The second-order valence-corrected chi connectivity index (χ2v) is 5.04. The molecule has 1 amide bonds. The number of nitrogens with zero attached hydrogens (tertiary/aromatic N) is 1. The van der Waals surface area contributed by atoms with Gasteiger partial charge in [0.15, 0.2) is 11.5 Å². The van der Waals surface area contributed by atoms with Gasteiger partial charge in [0.25, 0.3) is 5.91 Å². The highest BCUT2D eigenvalue weighted by molar-refractivity contribution is 6.04. The zero-order chi connectivity index (χ0) is 16.9. The Morgan fingerprint density at radius 2 is 1.92 bits per heavy atom. The summed E-state index contributed by atoms with van der Waals surface area (Å²) in [7, 11) is 3.09. The third-order valence-electron chi connectivity index (χ3n) is 3.54. The number of rotatable bonds is 5. The maximum absolute atomic E-state index is 12.4. The molecular weight excluding hydrogens is 306 g/mol. The molecule has 3 aromatic rings. The van der Waals surface area contributed by atoms with Crippen molar-refractivity contribution in [3.63, 3.8) is 0 Å². The Hall–Kier alpha value is -3.28. The van der Waals surface area contributed by atoms with Crippen LogP contribution in [0.1, 0.15) is 10.4 Å². The minimum atomic E-state index is -0.229. The zero-order valence-electron chi connectivity index (χ0n) is 13.4. The second kappa shape index (κ2) is 6.87. The van der Waals surface area contributed by atoms with Gasteiger partial charge < -0.3 is 19.8 Å². The summed E-state index contributed by atoms with van der Waals surface area (Å²) in [6, 6.07) is 12.5. The number of amides is 1. The van der Waals surface area contributed by atoms with E-state index in [4.69, 9.17) is 9.47 Å². The van der Waals surface area contributed by atoms with E-state index in [1.165, 1.54) is 7.11 Å². The Kier molecular flexibility index (Phi) is 4.47. The molecule has 0 saturated heterocycles. The van der Waals surface area contributed by atoms with Gasteiger partial charge in [0.05, 0.1) is 14.2 Å². The molecule has 6 nitrogen and oxygen atoms in total. The molecule has 0 bridgehead atoms. The number of aromatic nitrogens is 2. The van der Waals surface area contributed by atoms with Gasteiger partial charge in [-0.05, 0) is 30.3 Å². The van der Waals surface area contributed by atoms with Crippen LogP contribution in [0.2, 0.25) is 0 Å². The number of aromatic amines is 1. The molecule has 0 aliphatic heterocycles. The minimum Gasteiger partial charge on any atom is -0.493 e. The van der Waals surface area contributed by atoms with Crippen molar-refractivity contribution in [3.05, 3.63) is 60.4 Å². The lowest BCUT2D eigenvalue weighted by molar-refractivity contribution is 0.102. The van der Waals surface area contributed by atoms with E-state index in [1.54, 1.807) is 37.7 Å². The molecule has 0 saturated carbocycles. The lowest BCUT2D eigenvalue weighted by atomic mass is 10.1. The van der Waals surface area contributed by atoms with Crippen LogP contribution in [0.5, 0.6) is 11.5 Å². The molecule has 0 spiro atoms. The van der Waals surface area contributed by atoms with E-state index in [0.29, 0.717) is 22.7 Å². The van der Waals surface area contributed by atoms with E-state index >= 15 is 0 Å². The second-order valence-electron chi connectivity index (χ2n) is 5.04. The molecule has 24 heavy (non-hydrogen) atoms. The summed E-state index contributed by atoms with van der Waals surface area (Å²) in [5.41, 5.74) is 2.06. The zero-order valence-corrected chi connectivity index (χ0v) is 13.4. The third-order valence-corrected chi connectivity index (χ3v) is 3.54. The maximum Gasteiger partial charge on any atom is 0.255 e. The van der Waals surface area contributed by atoms with Crippen LogP contribution < -0.4 is 14.8 Å². The molecule has 1 aromatic heterocycles. The molecule has 0 atom stereocenters. The van der Waals surface area contributed by atoms with Gasteiger partial charge in [0, 0.05) is 29.2 Å². The largest absolute Gasteiger partial charge is 0.493 e. The third kappa shape index (κ3) is 3.22. The van der Waals surface area contributed by atoms with E-state index in [-0.39, 0.29) is 5.91 Å². The topological polar surface area (TPSA) is 76.2 Å². The summed E-state index contributed by atoms with van der Waals surface area (Å²) in [4.78, 5) is 19.7. The van der Waals surface area contributed by atoms with Gasteiger partial charge in [-0.25, -0.2) is 4.98 Å². The molecule has 122 valence electrons. The molecule has 2 N–H and O–H groups in total. The number of hydrogen-bond acceptors (Lipinski definition) is 4. The Morgan fingerprint density at radius 3 is 2.62 bits per heavy atom. The highest BCUT2D eigenvalue weighted by atomic mass is 16.5. The lowest BCUT2D eigenvalue weighted by Crippen LogP contribution is -2.12. The summed E-state index contributed by atoms with van der Waals surface area (Å²) < 4.78 is 10.4. The molecule has 0 unspecified atom stereocenters. The van der Waals surface area contributed by atoms with Crippen molar-refractivity contribution in [2.45, 2.75) is 0 Å². The molecule has 0 aliphatic carbocycles. The van der Waals surface area contributed by atoms with Crippen molar-refractivity contribution in [1.82, 2.24) is 9.97 Å². The Labute approximate surface area is 139 Å². The van der Waals surface area contributed by atoms with E-state index in [2.05, 4.69) is 15.3 Å². The molecule has 0 fully saturated rings. The van der Waals surface area contributed by atoms with Gasteiger partial charge in [0.1, 0.15) is 5.82 Å². The fourth-order valence-corrected chi connectivity index (χ4v) is 2.35. The summed E-state index contributed by atoms with van der Waals surface area (Å²) >= 11 is 0. The Balaban J connectivity index is 1.81. The van der Waals surface area contributed by atoms with E-state index in [9.17, 15) is 4.79 Å². The van der Waals surface area contributed by atoms with Crippen molar-refractivity contribution < 1.29 is 14.3 Å². The highest BCUT2D eigenvalue weighted by Gasteiger charge is 2.11. The number of carbonyl (C=O) groups excluding carboxylic acids is 1. The summed E-state index contributed by atoms with van der Waals surface area (Å²) in [5, 5.41) is 2.87. The monoisotopic (exact) mass is 323 g/mol. The van der Waals surface area contributed by atoms with Crippen LogP contribution in [-0.2, 0) is 0 Å². The van der Waals surface area contributed by atoms with Crippen LogP contribution in [-0.4, -0.2) is 30.1 Å². The van der Waals surface area contributed by atoms with Crippen LogP contribution in [0.3, 0.4) is 0 Å². The van der Waals surface area contributed by atoms with E-state index < -0.39 is 0 Å². The van der Waals surface area contributed by atoms with E-state index in [0.717, 1.165) is 11.4 Å². The number of carbonyl (C=O) groups is 1. The van der Waals surface area contributed by atoms with Crippen LogP contribution in [0.4, 0.5) is 5.69 Å². The van der Waals surface area contributed by atoms with Crippen LogP contribution in [0.25, 0.3) is 11.4 Å². The first-order chi connectivity index (χ1) is 11.7. The van der Waals surface area contributed by atoms with Crippen molar-refractivity contribution in [3.8, 4) is 22.9 Å². The quantitative estimate of drug-likeness (QED) is 0.755. The molecular formula is C18H17N3O3. The average Bonchev–Trinajstić information content (AvgIpc) is 3.16. The van der Waals surface area contributed by atoms with Crippen LogP contribution >= 0.6 is 0 Å². The standard InChI is InChI=1S/C18H17N3O3/c1-23-15-7-6-13(11-16(15)24-2)18(22)21-14-5-3-4-12(10-14)17-19-8-9-20-17/h3-11H,1-2H3,(H,19,20)(H,21,22). The first-order valence-corrected chi connectivity index (χ1v) is 7.34. The summed E-state index contributed by atoms with van der Waals surface area (Å²) in [5.74, 6) is 1.60. The van der Waals surface area contributed by atoms with Gasteiger partial charge in [-0.15, -0.1) is 0 Å². The maximum atomic E-state index is 12.4. The van der Waals surface area contributed by atoms with Gasteiger partial charge in [-0.3, -0.25) is 4.79 Å². The normalized spacial score (nSPS) is 10.2.